The average molecular weight is 378 g/mol. The molecule has 3 amide bonds. The lowest BCUT2D eigenvalue weighted by molar-refractivity contribution is 0.0421. The third kappa shape index (κ3) is 3.05. The van der Waals surface area contributed by atoms with Crippen molar-refractivity contribution in [2.24, 2.45) is 0 Å². The van der Waals surface area contributed by atoms with Crippen LogP contribution in [-0.2, 0) is 11.2 Å². The molecule has 0 saturated heterocycles. The number of nitrogens with zero attached hydrogens (tertiary/aromatic N) is 1. The van der Waals surface area contributed by atoms with Crippen LogP contribution in [0.1, 0.15) is 58.7 Å². The molecule has 0 spiro atoms. The van der Waals surface area contributed by atoms with Gasteiger partial charge >= 0.3 is 6.09 Å². The summed E-state index contributed by atoms with van der Waals surface area (Å²) in [5, 5.41) is 2.88. The molecule has 1 aliphatic heterocycles. The van der Waals surface area contributed by atoms with E-state index in [0.717, 1.165) is 11.1 Å². The second kappa shape index (κ2) is 6.48. The number of fused-ring (bicyclic) bond motifs is 2. The molecular formula is C22H22N2O4. The number of nitrogens with one attached hydrogen (secondary N) is 1. The Labute approximate surface area is 163 Å². The second-order valence-electron chi connectivity index (χ2n) is 8.12. The van der Waals surface area contributed by atoms with Crippen LogP contribution < -0.4 is 5.32 Å². The van der Waals surface area contributed by atoms with Crippen LogP contribution in [0.15, 0.2) is 48.5 Å². The summed E-state index contributed by atoms with van der Waals surface area (Å²) < 4.78 is 5.40. The topological polar surface area (TPSA) is 75.7 Å². The highest BCUT2D eigenvalue weighted by Gasteiger charge is 2.46. The SMILES string of the molecule is CC(C)(C)OC(=O)N[C@@H]1c2ccccc2C[C@@H]1N1C(=O)c2ccccc2C1=O. The van der Waals surface area contributed by atoms with Gasteiger partial charge in [-0.1, -0.05) is 36.4 Å². The summed E-state index contributed by atoms with van der Waals surface area (Å²) in [6.45, 7) is 5.37. The van der Waals surface area contributed by atoms with Crippen molar-refractivity contribution in [3.05, 3.63) is 70.8 Å². The molecule has 1 aliphatic carbocycles. The average Bonchev–Trinajstić information content (AvgIpc) is 3.10. The van der Waals surface area contributed by atoms with Crippen LogP contribution in [0.3, 0.4) is 0 Å². The van der Waals surface area contributed by atoms with Gasteiger partial charge in [0.2, 0.25) is 0 Å². The van der Waals surface area contributed by atoms with Gasteiger partial charge in [-0.25, -0.2) is 4.79 Å². The Morgan fingerprint density at radius 2 is 1.57 bits per heavy atom. The molecule has 1 N–H and O–H groups in total. The Morgan fingerprint density at radius 1 is 1.00 bits per heavy atom. The predicted molar refractivity (Wildman–Crippen MR) is 103 cm³/mol. The molecule has 0 bridgehead atoms. The maximum atomic E-state index is 13.0. The van der Waals surface area contributed by atoms with Crippen LogP contribution in [0.25, 0.3) is 0 Å². The van der Waals surface area contributed by atoms with E-state index in [2.05, 4.69) is 5.32 Å². The number of rotatable bonds is 2. The van der Waals surface area contributed by atoms with Crippen LogP contribution in [0.5, 0.6) is 0 Å². The van der Waals surface area contributed by atoms with E-state index in [9.17, 15) is 14.4 Å². The van der Waals surface area contributed by atoms with Crippen LogP contribution in [0.2, 0.25) is 0 Å². The number of ether oxygens (including phenoxy) is 1. The quantitative estimate of drug-likeness (QED) is 0.812. The normalized spacial score (nSPS) is 20.8. The van der Waals surface area contributed by atoms with Gasteiger partial charge in [-0.15, -0.1) is 0 Å². The molecule has 2 aliphatic rings. The van der Waals surface area contributed by atoms with Crippen LogP contribution in [0.4, 0.5) is 4.79 Å². The van der Waals surface area contributed by atoms with Gasteiger partial charge in [-0.2, -0.15) is 0 Å². The van der Waals surface area contributed by atoms with Gasteiger partial charge in [0.05, 0.1) is 23.2 Å². The standard InChI is InChI=1S/C22H22N2O4/c1-22(2,3)28-21(27)23-18-14-9-5-4-8-13(14)12-17(18)24-19(25)15-10-6-7-11-16(15)20(24)26/h4-11,17-18H,12H2,1-3H3,(H,23,27)/t17-,18+/m0/s1. The molecule has 2 aromatic rings. The number of hydrogen-bond acceptors (Lipinski definition) is 4. The number of imide groups is 1. The summed E-state index contributed by atoms with van der Waals surface area (Å²) in [7, 11) is 0. The zero-order chi connectivity index (χ0) is 20.1. The lowest BCUT2D eigenvalue weighted by atomic mass is 10.1. The van der Waals surface area contributed by atoms with Gasteiger partial charge in [-0.05, 0) is 50.5 Å². The summed E-state index contributed by atoms with van der Waals surface area (Å²) in [4.78, 5) is 39.7. The number of amides is 3. The summed E-state index contributed by atoms with van der Waals surface area (Å²) in [5.74, 6) is -0.649. The first-order valence-electron chi connectivity index (χ1n) is 9.30. The first-order valence-corrected chi connectivity index (χ1v) is 9.30. The molecular weight excluding hydrogens is 356 g/mol. The van der Waals surface area contributed by atoms with Crippen molar-refractivity contribution in [2.75, 3.05) is 0 Å². The van der Waals surface area contributed by atoms with Crippen molar-refractivity contribution in [1.29, 1.82) is 0 Å². The van der Waals surface area contributed by atoms with E-state index >= 15 is 0 Å². The number of alkyl carbamates (subject to hydrolysis) is 1. The molecule has 28 heavy (non-hydrogen) atoms. The number of carbonyl (C=O) groups is 3. The molecule has 144 valence electrons. The highest BCUT2D eigenvalue weighted by molar-refractivity contribution is 6.21. The van der Waals surface area contributed by atoms with E-state index in [-0.39, 0.29) is 11.8 Å². The van der Waals surface area contributed by atoms with Gasteiger partial charge in [0, 0.05) is 0 Å². The smallest absolute Gasteiger partial charge is 0.408 e. The first-order chi connectivity index (χ1) is 13.3. The highest BCUT2D eigenvalue weighted by Crippen LogP contribution is 2.38. The van der Waals surface area contributed by atoms with E-state index in [0.29, 0.717) is 17.5 Å². The van der Waals surface area contributed by atoms with E-state index in [1.165, 1.54) is 4.90 Å². The highest BCUT2D eigenvalue weighted by atomic mass is 16.6. The van der Waals surface area contributed by atoms with Crippen molar-refractivity contribution in [3.63, 3.8) is 0 Å². The lowest BCUT2D eigenvalue weighted by Crippen LogP contribution is -2.48. The van der Waals surface area contributed by atoms with E-state index < -0.39 is 23.8 Å². The fraction of sp³-hybridized carbons (Fsp3) is 0.318. The maximum absolute atomic E-state index is 13.0. The molecule has 0 radical (unpaired) electrons. The van der Waals surface area contributed by atoms with Crippen LogP contribution in [-0.4, -0.2) is 34.5 Å². The van der Waals surface area contributed by atoms with Gasteiger partial charge in [0.25, 0.3) is 11.8 Å². The Morgan fingerprint density at radius 3 is 2.18 bits per heavy atom. The lowest BCUT2D eigenvalue weighted by Gasteiger charge is -2.30. The molecule has 4 rings (SSSR count). The minimum absolute atomic E-state index is 0.325. The van der Waals surface area contributed by atoms with Crippen molar-refractivity contribution in [1.82, 2.24) is 10.2 Å². The molecule has 2 aromatic carbocycles. The minimum Gasteiger partial charge on any atom is -0.444 e. The summed E-state index contributed by atoms with van der Waals surface area (Å²) in [5.41, 5.74) is 2.06. The molecule has 0 aromatic heterocycles. The van der Waals surface area contributed by atoms with Gasteiger partial charge in [0.15, 0.2) is 0 Å². The molecule has 0 fully saturated rings. The molecule has 1 heterocycles. The van der Waals surface area contributed by atoms with Crippen LogP contribution in [0, 0.1) is 0 Å². The van der Waals surface area contributed by atoms with E-state index in [4.69, 9.17) is 4.74 Å². The Kier molecular flexibility index (Phi) is 4.22. The molecule has 6 heteroatoms. The largest absolute Gasteiger partial charge is 0.444 e. The van der Waals surface area contributed by atoms with Gasteiger partial charge < -0.3 is 10.1 Å². The third-order valence-corrected chi connectivity index (χ3v) is 5.03. The summed E-state index contributed by atoms with van der Waals surface area (Å²) in [6, 6.07) is 13.4. The monoisotopic (exact) mass is 378 g/mol. The fourth-order valence-electron chi connectivity index (χ4n) is 3.93. The van der Waals surface area contributed by atoms with Crippen molar-refractivity contribution in [3.8, 4) is 0 Å². The van der Waals surface area contributed by atoms with Crippen molar-refractivity contribution < 1.29 is 19.1 Å². The molecule has 2 atom stereocenters. The molecule has 0 saturated carbocycles. The molecule has 6 nitrogen and oxygen atoms in total. The maximum Gasteiger partial charge on any atom is 0.408 e. The zero-order valence-corrected chi connectivity index (χ0v) is 16.1. The van der Waals surface area contributed by atoms with Crippen molar-refractivity contribution >= 4 is 17.9 Å². The summed E-state index contributed by atoms with van der Waals surface area (Å²) >= 11 is 0. The van der Waals surface area contributed by atoms with Gasteiger partial charge in [-0.3, -0.25) is 14.5 Å². The number of carbonyl (C=O) groups excluding carboxylic acids is 3. The number of benzene rings is 2. The third-order valence-electron chi connectivity index (χ3n) is 5.03. The van der Waals surface area contributed by atoms with Crippen molar-refractivity contribution in [2.45, 2.75) is 44.9 Å². The Bertz CT molecular complexity index is 941. The van der Waals surface area contributed by atoms with Gasteiger partial charge in [0.1, 0.15) is 5.60 Å². The predicted octanol–water partition coefficient (Wildman–Crippen LogP) is 3.47. The number of hydrogen-bond donors (Lipinski definition) is 1. The fourth-order valence-corrected chi connectivity index (χ4v) is 3.93. The van der Waals surface area contributed by atoms with E-state index in [1.807, 2.05) is 24.3 Å². The Balaban J connectivity index is 1.68. The minimum atomic E-state index is -0.646. The zero-order valence-electron chi connectivity index (χ0n) is 16.1. The van der Waals surface area contributed by atoms with Crippen LogP contribution >= 0.6 is 0 Å². The van der Waals surface area contributed by atoms with E-state index in [1.54, 1.807) is 45.0 Å². The molecule has 0 unspecified atom stereocenters. The first kappa shape index (κ1) is 18.2. The summed E-state index contributed by atoms with van der Waals surface area (Å²) in [6.07, 6.45) is -0.0851. The Hall–Kier alpha value is -3.15. The second-order valence-corrected chi connectivity index (χ2v) is 8.12.